The molecule has 0 saturated carbocycles. The Morgan fingerprint density at radius 2 is 1.36 bits per heavy atom. The Labute approximate surface area is 86.5 Å². The van der Waals surface area contributed by atoms with Gasteiger partial charge in [0.2, 0.25) is 0 Å². The highest BCUT2D eigenvalue weighted by atomic mass is 16.7. The van der Waals surface area contributed by atoms with Crippen molar-refractivity contribution in [2.24, 2.45) is 5.92 Å². The van der Waals surface area contributed by atoms with Crippen LogP contribution in [0.15, 0.2) is 0 Å². The van der Waals surface area contributed by atoms with Crippen LogP contribution in [0.25, 0.3) is 0 Å². The first kappa shape index (κ1) is 13.8. The number of methoxy groups -OCH3 is 2. The first-order valence-electron chi connectivity index (χ1n) is 4.59. The van der Waals surface area contributed by atoms with Crippen LogP contribution in [-0.2, 0) is 18.9 Å². The molecule has 0 spiro atoms. The van der Waals surface area contributed by atoms with Crippen LogP contribution < -0.4 is 0 Å². The minimum absolute atomic E-state index is 0.0495. The lowest BCUT2D eigenvalue weighted by Crippen LogP contribution is -2.32. The summed E-state index contributed by atoms with van der Waals surface area (Å²) in [5.41, 5.74) is 0. The quantitative estimate of drug-likeness (QED) is 0.523. The Morgan fingerprint density at radius 3 is 1.64 bits per heavy atom. The normalized spacial score (nSPS) is 11.6. The molecule has 0 N–H and O–H groups in total. The van der Waals surface area contributed by atoms with E-state index in [-0.39, 0.29) is 12.2 Å². The third kappa shape index (κ3) is 5.54. The SMILES string of the molecule is [CH2]COCC(COC[CH2])C(OC)OC. The molecule has 0 saturated heterocycles. The van der Waals surface area contributed by atoms with E-state index in [2.05, 4.69) is 13.8 Å². The second-order valence-corrected chi connectivity index (χ2v) is 2.75. The fraction of sp³-hybridized carbons (Fsp3) is 0.800. The maximum Gasteiger partial charge on any atom is 0.164 e. The van der Waals surface area contributed by atoms with Crippen LogP contribution in [0.2, 0.25) is 0 Å². The molecule has 14 heavy (non-hydrogen) atoms. The van der Waals surface area contributed by atoms with Crippen LogP contribution in [-0.4, -0.2) is 46.9 Å². The first-order chi connectivity index (χ1) is 6.79. The molecule has 2 radical (unpaired) electrons. The van der Waals surface area contributed by atoms with Crippen molar-refractivity contribution in [3.8, 4) is 0 Å². The Bertz CT molecular complexity index is 107. The molecular formula is C10H20O4. The van der Waals surface area contributed by atoms with Gasteiger partial charge in [-0.05, 0) is 13.8 Å². The molecule has 0 aliphatic heterocycles. The van der Waals surface area contributed by atoms with Gasteiger partial charge < -0.3 is 18.9 Å². The standard InChI is InChI=1S/C10H20O4/c1-5-13-7-9(8-14-6-2)10(11-3)12-4/h9-10H,1-2,5-8H2,3-4H3. The Hall–Kier alpha value is -0.160. The molecule has 0 unspecified atom stereocenters. The predicted molar refractivity (Wildman–Crippen MR) is 53.6 cm³/mol. The van der Waals surface area contributed by atoms with Gasteiger partial charge >= 0.3 is 0 Å². The van der Waals surface area contributed by atoms with Crippen LogP contribution in [0.3, 0.4) is 0 Å². The maximum atomic E-state index is 5.21. The number of hydrogen-bond donors (Lipinski definition) is 0. The van der Waals surface area contributed by atoms with E-state index in [9.17, 15) is 0 Å². The van der Waals surface area contributed by atoms with Crippen molar-refractivity contribution in [1.29, 1.82) is 0 Å². The van der Waals surface area contributed by atoms with E-state index >= 15 is 0 Å². The van der Waals surface area contributed by atoms with Crippen molar-refractivity contribution in [1.82, 2.24) is 0 Å². The minimum Gasteiger partial charge on any atom is -0.381 e. The Morgan fingerprint density at radius 1 is 0.929 bits per heavy atom. The second kappa shape index (κ2) is 9.40. The molecule has 0 rings (SSSR count). The van der Waals surface area contributed by atoms with Crippen LogP contribution in [0, 0.1) is 19.8 Å². The van der Waals surface area contributed by atoms with Crippen LogP contribution in [0.1, 0.15) is 0 Å². The van der Waals surface area contributed by atoms with Gasteiger partial charge in [0.25, 0.3) is 0 Å². The first-order valence-corrected chi connectivity index (χ1v) is 4.59. The van der Waals surface area contributed by atoms with E-state index < -0.39 is 0 Å². The second-order valence-electron chi connectivity index (χ2n) is 2.75. The zero-order valence-electron chi connectivity index (χ0n) is 9.03. The van der Waals surface area contributed by atoms with Gasteiger partial charge in [0.1, 0.15) is 0 Å². The third-order valence-electron chi connectivity index (χ3n) is 1.80. The maximum absolute atomic E-state index is 5.21. The molecule has 0 amide bonds. The van der Waals surface area contributed by atoms with Gasteiger partial charge in [0.15, 0.2) is 6.29 Å². The topological polar surface area (TPSA) is 36.9 Å². The fourth-order valence-electron chi connectivity index (χ4n) is 1.16. The lowest BCUT2D eigenvalue weighted by Gasteiger charge is -2.24. The molecule has 0 aromatic rings. The summed E-state index contributed by atoms with van der Waals surface area (Å²) in [6, 6.07) is 0. The number of rotatable bonds is 9. The van der Waals surface area contributed by atoms with Gasteiger partial charge in [0, 0.05) is 27.4 Å². The van der Waals surface area contributed by atoms with Crippen LogP contribution >= 0.6 is 0 Å². The van der Waals surface area contributed by atoms with Crippen molar-refractivity contribution in [2.45, 2.75) is 6.29 Å². The molecule has 0 fully saturated rings. The van der Waals surface area contributed by atoms with E-state index in [0.29, 0.717) is 26.4 Å². The van der Waals surface area contributed by atoms with E-state index in [4.69, 9.17) is 18.9 Å². The summed E-state index contributed by atoms with van der Waals surface area (Å²) in [7, 11) is 3.19. The summed E-state index contributed by atoms with van der Waals surface area (Å²) in [6.45, 7) is 9.07. The molecule has 0 atom stereocenters. The van der Waals surface area contributed by atoms with Crippen LogP contribution in [0.5, 0.6) is 0 Å². The van der Waals surface area contributed by atoms with Crippen molar-refractivity contribution in [3.05, 3.63) is 13.8 Å². The summed E-state index contributed by atoms with van der Waals surface area (Å²) in [5.74, 6) is 0.0495. The average Bonchev–Trinajstić information content (AvgIpc) is 2.22. The van der Waals surface area contributed by atoms with E-state index in [1.807, 2.05) is 0 Å². The summed E-state index contributed by atoms with van der Waals surface area (Å²) in [6.07, 6.45) is -0.312. The monoisotopic (exact) mass is 204 g/mol. The molecule has 0 bridgehead atoms. The van der Waals surface area contributed by atoms with Gasteiger partial charge in [0.05, 0.1) is 19.1 Å². The highest BCUT2D eigenvalue weighted by molar-refractivity contribution is 4.62. The van der Waals surface area contributed by atoms with Gasteiger partial charge in [-0.2, -0.15) is 0 Å². The summed E-state index contributed by atoms with van der Waals surface area (Å²) >= 11 is 0. The van der Waals surface area contributed by atoms with Gasteiger partial charge in [-0.25, -0.2) is 0 Å². The number of hydrogen-bond acceptors (Lipinski definition) is 4. The van der Waals surface area contributed by atoms with Crippen molar-refractivity contribution >= 4 is 0 Å². The van der Waals surface area contributed by atoms with Crippen molar-refractivity contribution in [2.75, 3.05) is 40.6 Å². The van der Waals surface area contributed by atoms with E-state index in [1.54, 1.807) is 14.2 Å². The molecule has 0 aromatic heterocycles. The largest absolute Gasteiger partial charge is 0.381 e. The number of ether oxygens (including phenoxy) is 4. The van der Waals surface area contributed by atoms with Gasteiger partial charge in [-0.1, -0.05) is 0 Å². The van der Waals surface area contributed by atoms with E-state index in [1.165, 1.54) is 0 Å². The lowest BCUT2D eigenvalue weighted by atomic mass is 10.1. The average molecular weight is 204 g/mol. The van der Waals surface area contributed by atoms with E-state index in [0.717, 1.165) is 0 Å². The molecular weight excluding hydrogens is 184 g/mol. The summed E-state index contributed by atoms with van der Waals surface area (Å²) in [5, 5.41) is 0. The van der Waals surface area contributed by atoms with Crippen LogP contribution in [0.4, 0.5) is 0 Å². The Balaban J connectivity index is 3.92. The van der Waals surface area contributed by atoms with Crippen molar-refractivity contribution < 1.29 is 18.9 Å². The molecule has 0 heterocycles. The summed E-state index contributed by atoms with van der Waals surface area (Å²) in [4.78, 5) is 0. The lowest BCUT2D eigenvalue weighted by molar-refractivity contribution is -0.162. The highest BCUT2D eigenvalue weighted by Crippen LogP contribution is 2.09. The van der Waals surface area contributed by atoms with Gasteiger partial charge in [-0.3, -0.25) is 0 Å². The van der Waals surface area contributed by atoms with Gasteiger partial charge in [-0.15, -0.1) is 0 Å². The smallest absolute Gasteiger partial charge is 0.164 e. The zero-order chi connectivity index (χ0) is 10.8. The summed E-state index contributed by atoms with van der Waals surface area (Å²) < 4.78 is 20.7. The fourth-order valence-corrected chi connectivity index (χ4v) is 1.16. The molecule has 4 heteroatoms. The Kier molecular flexibility index (Phi) is 9.29. The molecule has 4 nitrogen and oxygen atoms in total. The molecule has 0 aromatic carbocycles. The zero-order valence-corrected chi connectivity index (χ0v) is 9.03. The molecule has 0 aliphatic carbocycles. The van der Waals surface area contributed by atoms with Crippen molar-refractivity contribution in [3.63, 3.8) is 0 Å². The molecule has 0 aliphatic rings. The minimum atomic E-state index is -0.312. The molecule has 84 valence electrons. The highest BCUT2D eigenvalue weighted by Gasteiger charge is 2.21. The third-order valence-corrected chi connectivity index (χ3v) is 1.80. The predicted octanol–water partition coefficient (Wildman–Crippen LogP) is 0.923.